The van der Waals surface area contributed by atoms with Gasteiger partial charge in [0.05, 0.1) is 0 Å². The van der Waals surface area contributed by atoms with Crippen LogP contribution in [0.4, 0.5) is 4.39 Å². The Bertz CT molecular complexity index is 1220. The number of halogens is 1. The number of esters is 1. The van der Waals surface area contributed by atoms with E-state index in [4.69, 9.17) is 9.84 Å². The van der Waals surface area contributed by atoms with Gasteiger partial charge in [-0.1, -0.05) is 63.4 Å². The summed E-state index contributed by atoms with van der Waals surface area (Å²) in [6.45, 7) is 5.34. The maximum Gasteiger partial charge on any atom is 0.338 e. The first-order valence-electron chi connectivity index (χ1n) is 15.0. The van der Waals surface area contributed by atoms with Crippen LogP contribution in [-0.2, 0) is 25.5 Å². The smallest absolute Gasteiger partial charge is 0.338 e. The fourth-order valence-electron chi connectivity index (χ4n) is 5.71. The zero-order valence-electron chi connectivity index (χ0n) is 25.5. The number of ether oxygens (including phenoxy) is 1. The highest BCUT2D eigenvalue weighted by Gasteiger charge is 2.32. The lowest BCUT2D eigenvalue weighted by atomic mass is 9.86. The molecule has 43 heavy (non-hydrogen) atoms. The number of benzene rings is 1. The Morgan fingerprint density at radius 2 is 1.79 bits per heavy atom. The van der Waals surface area contributed by atoms with Crippen molar-refractivity contribution in [2.24, 2.45) is 11.8 Å². The van der Waals surface area contributed by atoms with Crippen molar-refractivity contribution >= 4 is 35.1 Å². The van der Waals surface area contributed by atoms with Crippen molar-refractivity contribution in [3.05, 3.63) is 52.0 Å². The number of nitrogens with zero attached hydrogens (tertiary/aromatic N) is 2. The molecule has 9 nitrogen and oxygen atoms in total. The van der Waals surface area contributed by atoms with E-state index in [1.807, 2.05) is 44.2 Å². The standard InChI is InChI=1S/C32H44FN3O6S/c1-20(2)27(36(4)29(38)16-23-13-9-6-10-14-23)18-28(42-21(3)37)31-35-26(19-43-31)30(39)34-24(17-25(33)32(40)41)15-22-11-7-5-8-12-22/h5,7-8,11-12,19-20,23-25,27-28H,6,9-10,13-18H2,1-4H3,(H,34,39)(H,40,41)/t24-,25-,27?,28+/m0/s1. The van der Waals surface area contributed by atoms with Gasteiger partial charge in [-0.3, -0.25) is 14.4 Å². The molecule has 0 bridgehead atoms. The number of hydrogen-bond acceptors (Lipinski definition) is 7. The van der Waals surface area contributed by atoms with Crippen LogP contribution in [0, 0.1) is 11.8 Å². The zero-order chi connectivity index (χ0) is 31.5. The Balaban J connectivity index is 1.74. The normalized spacial score (nSPS) is 16.6. The third kappa shape index (κ3) is 10.7. The molecule has 2 aromatic rings. The average Bonchev–Trinajstić information content (AvgIpc) is 3.46. The molecule has 1 aliphatic carbocycles. The van der Waals surface area contributed by atoms with Crippen LogP contribution in [0.25, 0.3) is 0 Å². The highest BCUT2D eigenvalue weighted by atomic mass is 32.1. The molecule has 1 aromatic heterocycles. The van der Waals surface area contributed by atoms with E-state index < -0.39 is 42.6 Å². The Hall–Kier alpha value is -3.34. The summed E-state index contributed by atoms with van der Waals surface area (Å²) in [7, 11) is 1.80. The number of carboxylic acid groups (broad SMARTS) is 1. The lowest BCUT2D eigenvalue weighted by Crippen LogP contribution is -2.42. The maximum atomic E-state index is 14.2. The maximum absolute atomic E-state index is 14.2. The molecule has 1 unspecified atom stereocenters. The molecule has 1 saturated carbocycles. The Kier molecular flexibility index (Phi) is 13.1. The molecule has 1 heterocycles. The first-order valence-corrected chi connectivity index (χ1v) is 15.9. The molecule has 0 spiro atoms. The topological polar surface area (TPSA) is 126 Å². The van der Waals surface area contributed by atoms with Gasteiger partial charge in [-0.15, -0.1) is 11.3 Å². The number of rotatable bonds is 15. The number of carbonyl (C=O) groups excluding carboxylic acids is 3. The van der Waals surface area contributed by atoms with Crippen LogP contribution in [0.5, 0.6) is 0 Å². The number of carboxylic acids is 1. The van der Waals surface area contributed by atoms with Crippen LogP contribution in [0.3, 0.4) is 0 Å². The minimum Gasteiger partial charge on any atom is -0.479 e. The summed E-state index contributed by atoms with van der Waals surface area (Å²) < 4.78 is 19.8. The van der Waals surface area contributed by atoms with Crippen molar-refractivity contribution in [2.45, 2.75) is 103 Å². The van der Waals surface area contributed by atoms with Crippen LogP contribution in [0.2, 0.25) is 0 Å². The predicted octanol–water partition coefficient (Wildman–Crippen LogP) is 5.74. The van der Waals surface area contributed by atoms with E-state index in [1.54, 1.807) is 11.9 Å². The summed E-state index contributed by atoms with van der Waals surface area (Å²) in [5.41, 5.74) is 0.880. The Labute approximate surface area is 257 Å². The van der Waals surface area contributed by atoms with E-state index in [0.29, 0.717) is 23.8 Å². The van der Waals surface area contributed by atoms with Gasteiger partial charge in [0.2, 0.25) is 5.91 Å². The molecule has 1 aliphatic rings. The molecule has 0 aliphatic heterocycles. The molecule has 2 amide bonds. The van der Waals surface area contributed by atoms with Gasteiger partial charge < -0.3 is 20.1 Å². The fraction of sp³-hybridized carbons (Fsp3) is 0.594. The highest BCUT2D eigenvalue weighted by Crippen LogP contribution is 2.32. The number of alkyl halides is 1. The fourth-order valence-corrected chi connectivity index (χ4v) is 6.54. The quantitative estimate of drug-likeness (QED) is 0.244. The molecule has 3 rings (SSSR count). The Morgan fingerprint density at radius 3 is 2.40 bits per heavy atom. The van der Waals surface area contributed by atoms with E-state index in [-0.39, 0.29) is 30.0 Å². The molecular formula is C32H44FN3O6S. The van der Waals surface area contributed by atoms with Crippen molar-refractivity contribution < 1.29 is 33.4 Å². The summed E-state index contributed by atoms with van der Waals surface area (Å²) in [6, 6.07) is 8.08. The average molecular weight is 618 g/mol. The summed E-state index contributed by atoms with van der Waals surface area (Å²) >= 11 is 1.16. The predicted molar refractivity (Wildman–Crippen MR) is 162 cm³/mol. The number of amides is 2. The van der Waals surface area contributed by atoms with Gasteiger partial charge in [-0.25, -0.2) is 14.2 Å². The van der Waals surface area contributed by atoms with Crippen LogP contribution in [-0.4, -0.2) is 64.0 Å². The lowest BCUT2D eigenvalue weighted by Gasteiger charge is -2.34. The highest BCUT2D eigenvalue weighted by molar-refractivity contribution is 7.09. The summed E-state index contributed by atoms with van der Waals surface area (Å²) in [6.07, 6.45) is 3.42. The number of nitrogens with one attached hydrogen (secondary N) is 1. The Morgan fingerprint density at radius 1 is 1.12 bits per heavy atom. The molecule has 0 radical (unpaired) electrons. The van der Waals surface area contributed by atoms with Crippen molar-refractivity contribution in [3.8, 4) is 0 Å². The minimum absolute atomic E-state index is 0.0590. The molecule has 1 fully saturated rings. The van der Waals surface area contributed by atoms with E-state index in [1.165, 1.54) is 18.7 Å². The van der Waals surface area contributed by atoms with Gasteiger partial charge in [-0.05, 0) is 36.7 Å². The van der Waals surface area contributed by atoms with E-state index in [0.717, 1.165) is 42.6 Å². The van der Waals surface area contributed by atoms with Gasteiger partial charge in [0.1, 0.15) is 10.7 Å². The molecule has 11 heteroatoms. The lowest BCUT2D eigenvalue weighted by molar-refractivity contribution is -0.148. The molecule has 4 atom stereocenters. The van der Waals surface area contributed by atoms with Crippen molar-refractivity contribution in [2.75, 3.05) is 7.05 Å². The van der Waals surface area contributed by atoms with E-state index >= 15 is 0 Å². The van der Waals surface area contributed by atoms with Gasteiger partial charge in [0.15, 0.2) is 12.3 Å². The monoisotopic (exact) mass is 617 g/mol. The third-order valence-electron chi connectivity index (χ3n) is 8.06. The van der Waals surface area contributed by atoms with Crippen molar-refractivity contribution in [1.29, 1.82) is 0 Å². The summed E-state index contributed by atoms with van der Waals surface area (Å²) in [5, 5.41) is 13.8. The van der Waals surface area contributed by atoms with Crippen LogP contribution < -0.4 is 5.32 Å². The first kappa shape index (κ1) is 34.2. The summed E-state index contributed by atoms with van der Waals surface area (Å²) in [5.74, 6) is -2.13. The number of carbonyl (C=O) groups is 4. The second-order valence-electron chi connectivity index (χ2n) is 11.8. The van der Waals surface area contributed by atoms with Gasteiger partial charge in [0, 0.05) is 50.7 Å². The largest absolute Gasteiger partial charge is 0.479 e. The first-order chi connectivity index (χ1) is 20.4. The van der Waals surface area contributed by atoms with Crippen molar-refractivity contribution in [1.82, 2.24) is 15.2 Å². The zero-order valence-corrected chi connectivity index (χ0v) is 26.3. The minimum atomic E-state index is -2.14. The third-order valence-corrected chi connectivity index (χ3v) is 9.00. The van der Waals surface area contributed by atoms with E-state index in [2.05, 4.69) is 10.3 Å². The second-order valence-corrected chi connectivity index (χ2v) is 12.7. The van der Waals surface area contributed by atoms with Crippen LogP contribution >= 0.6 is 11.3 Å². The summed E-state index contributed by atoms with van der Waals surface area (Å²) in [4.78, 5) is 55.9. The van der Waals surface area contributed by atoms with Crippen LogP contribution in [0.15, 0.2) is 35.7 Å². The molecule has 1 aromatic carbocycles. The SMILES string of the molecule is CC(=O)O[C@H](CC(C(C)C)N(C)C(=O)CC1CCCCC1)c1nc(C(=O)N[C@@H](Cc2ccccc2)C[C@H](F)C(=O)O)cs1. The molecular weight excluding hydrogens is 573 g/mol. The number of thiazole rings is 1. The molecule has 2 N–H and O–H groups in total. The number of aliphatic carboxylic acids is 1. The second kappa shape index (κ2) is 16.5. The van der Waals surface area contributed by atoms with Crippen LogP contribution in [0.1, 0.15) is 99.3 Å². The van der Waals surface area contributed by atoms with E-state index in [9.17, 15) is 23.6 Å². The molecule has 236 valence electrons. The molecule has 0 saturated heterocycles. The number of aromatic nitrogens is 1. The number of hydrogen-bond donors (Lipinski definition) is 2. The van der Waals surface area contributed by atoms with Gasteiger partial charge >= 0.3 is 11.9 Å². The van der Waals surface area contributed by atoms with Gasteiger partial charge in [-0.2, -0.15) is 0 Å². The van der Waals surface area contributed by atoms with Crippen molar-refractivity contribution in [3.63, 3.8) is 0 Å². The van der Waals surface area contributed by atoms with Gasteiger partial charge in [0.25, 0.3) is 5.91 Å².